The van der Waals surface area contributed by atoms with Crippen LogP contribution in [-0.2, 0) is 13.1 Å². The number of urea groups is 1. The molecule has 0 aromatic heterocycles. The molecule has 0 spiro atoms. The Labute approximate surface area is 151 Å². The standard InChI is InChI=1S/C20H33N3O2/c1-3-16(2)19(24)14-22-20(25)21-13-17-9-5-6-10-18(17)15-23-11-7-4-8-12-23/h5-6,9-10,16,19,24H,3-4,7-8,11-15H2,1-2H3,(H2,21,22,25). The van der Waals surface area contributed by atoms with Crippen molar-refractivity contribution in [2.24, 2.45) is 5.92 Å². The average Bonchev–Trinajstić information content (AvgIpc) is 2.65. The van der Waals surface area contributed by atoms with Crippen molar-refractivity contribution in [3.8, 4) is 0 Å². The molecule has 0 aliphatic carbocycles. The van der Waals surface area contributed by atoms with Crippen molar-refractivity contribution in [1.82, 2.24) is 15.5 Å². The molecule has 3 N–H and O–H groups in total. The van der Waals surface area contributed by atoms with E-state index >= 15 is 0 Å². The highest BCUT2D eigenvalue weighted by Gasteiger charge is 2.14. The van der Waals surface area contributed by atoms with E-state index in [9.17, 15) is 9.90 Å². The molecule has 1 fully saturated rings. The van der Waals surface area contributed by atoms with Crippen molar-refractivity contribution in [3.63, 3.8) is 0 Å². The van der Waals surface area contributed by atoms with Gasteiger partial charge in [-0.05, 0) is 43.0 Å². The van der Waals surface area contributed by atoms with E-state index in [2.05, 4.69) is 33.7 Å². The Hall–Kier alpha value is -1.59. The minimum atomic E-state index is -0.498. The molecule has 1 heterocycles. The third-order valence-electron chi connectivity index (χ3n) is 5.17. The van der Waals surface area contributed by atoms with Gasteiger partial charge in [0.15, 0.2) is 0 Å². The van der Waals surface area contributed by atoms with Crippen LogP contribution in [0.4, 0.5) is 4.79 Å². The number of carbonyl (C=O) groups excluding carboxylic acids is 1. The van der Waals surface area contributed by atoms with Crippen molar-refractivity contribution in [2.75, 3.05) is 19.6 Å². The first kappa shape index (κ1) is 19.7. The molecule has 1 aromatic rings. The van der Waals surface area contributed by atoms with E-state index in [1.807, 2.05) is 19.9 Å². The minimum Gasteiger partial charge on any atom is -0.391 e. The van der Waals surface area contributed by atoms with Gasteiger partial charge in [-0.2, -0.15) is 0 Å². The number of hydrogen-bond acceptors (Lipinski definition) is 3. The fraction of sp³-hybridized carbons (Fsp3) is 0.650. The molecule has 25 heavy (non-hydrogen) atoms. The smallest absolute Gasteiger partial charge is 0.315 e. The molecule has 5 heteroatoms. The molecule has 140 valence electrons. The first-order chi connectivity index (χ1) is 12.1. The van der Waals surface area contributed by atoms with E-state index < -0.39 is 6.10 Å². The Kier molecular flexibility index (Phi) is 8.22. The van der Waals surface area contributed by atoms with Gasteiger partial charge in [0, 0.05) is 19.6 Å². The summed E-state index contributed by atoms with van der Waals surface area (Å²) in [5.41, 5.74) is 2.44. The fourth-order valence-corrected chi connectivity index (χ4v) is 3.15. The predicted octanol–water partition coefficient (Wildman–Crippen LogP) is 2.88. The summed E-state index contributed by atoms with van der Waals surface area (Å²) in [4.78, 5) is 14.5. The quantitative estimate of drug-likeness (QED) is 0.677. The van der Waals surface area contributed by atoms with Crippen LogP contribution in [0.25, 0.3) is 0 Å². The van der Waals surface area contributed by atoms with Crippen molar-refractivity contribution in [1.29, 1.82) is 0 Å². The Morgan fingerprint density at radius 2 is 1.84 bits per heavy atom. The zero-order valence-corrected chi connectivity index (χ0v) is 15.6. The summed E-state index contributed by atoms with van der Waals surface area (Å²) in [5, 5.41) is 15.6. The number of aliphatic hydroxyl groups excluding tert-OH is 1. The highest BCUT2D eigenvalue weighted by molar-refractivity contribution is 5.73. The highest BCUT2D eigenvalue weighted by Crippen LogP contribution is 2.16. The summed E-state index contributed by atoms with van der Waals surface area (Å²) in [7, 11) is 0. The van der Waals surface area contributed by atoms with Gasteiger partial charge in [0.2, 0.25) is 0 Å². The van der Waals surface area contributed by atoms with E-state index in [1.54, 1.807) is 0 Å². The topological polar surface area (TPSA) is 64.6 Å². The van der Waals surface area contributed by atoms with Gasteiger partial charge in [0.25, 0.3) is 0 Å². The molecule has 0 bridgehead atoms. The molecule has 1 aliphatic rings. The Balaban J connectivity index is 1.80. The lowest BCUT2D eigenvalue weighted by Crippen LogP contribution is -2.41. The molecule has 5 nitrogen and oxygen atoms in total. The van der Waals surface area contributed by atoms with Gasteiger partial charge >= 0.3 is 6.03 Å². The Morgan fingerprint density at radius 1 is 1.16 bits per heavy atom. The zero-order valence-electron chi connectivity index (χ0n) is 15.6. The normalized spacial score (nSPS) is 17.7. The number of rotatable bonds is 8. The largest absolute Gasteiger partial charge is 0.391 e. The Bertz CT molecular complexity index is 529. The molecule has 1 saturated heterocycles. The molecule has 2 atom stereocenters. The molecular weight excluding hydrogens is 314 g/mol. The van der Waals surface area contributed by atoms with Crippen molar-refractivity contribution < 1.29 is 9.90 Å². The molecule has 2 rings (SSSR count). The summed E-state index contributed by atoms with van der Waals surface area (Å²) in [6, 6.07) is 8.08. The van der Waals surface area contributed by atoms with Crippen LogP contribution in [0, 0.1) is 5.92 Å². The van der Waals surface area contributed by atoms with E-state index in [-0.39, 0.29) is 18.5 Å². The maximum absolute atomic E-state index is 12.0. The second-order valence-electron chi connectivity index (χ2n) is 7.12. The number of amides is 2. The summed E-state index contributed by atoms with van der Waals surface area (Å²) < 4.78 is 0. The first-order valence-corrected chi connectivity index (χ1v) is 9.59. The lowest BCUT2D eigenvalue weighted by atomic mass is 10.0. The summed E-state index contributed by atoms with van der Waals surface area (Å²) in [6.07, 6.45) is 4.29. The van der Waals surface area contributed by atoms with Crippen molar-refractivity contribution in [2.45, 2.75) is 58.7 Å². The maximum Gasteiger partial charge on any atom is 0.315 e. The summed E-state index contributed by atoms with van der Waals surface area (Å²) >= 11 is 0. The number of likely N-dealkylation sites (tertiary alicyclic amines) is 1. The number of nitrogens with zero attached hydrogens (tertiary/aromatic N) is 1. The van der Waals surface area contributed by atoms with Crippen LogP contribution in [0.2, 0.25) is 0 Å². The number of aliphatic hydroxyl groups is 1. The molecule has 0 radical (unpaired) electrons. The summed E-state index contributed by atoms with van der Waals surface area (Å²) in [5.74, 6) is 0.186. The van der Waals surface area contributed by atoms with Gasteiger partial charge < -0.3 is 15.7 Å². The van der Waals surface area contributed by atoms with Gasteiger partial charge in [0.1, 0.15) is 0 Å². The lowest BCUT2D eigenvalue weighted by molar-refractivity contribution is 0.114. The van der Waals surface area contributed by atoms with Crippen LogP contribution < -0.4 is 10.6 Å². The van der Waals surface area contributed by atoms with E-state index in [4.69, 9.17) is 0 Å². The van der Waals surface area contributed by atoms with Gasteiger partial charge in [-0.3, -0.25) is 4.90 Å². The number of hydrogen-bond donors (Lipinski definition) is 3. The van der Waals surface area contributed by atoms with Crippen molar-refractivity contribution in [3.05, 3.63) is 35.4 Å². The first-order valence-electron chi connectivity index (χ1n) is 9.59. The van der Waals surface area contributed by atoms with Crippen LogP contribution in [-0.4, -0.2) is 41.8 Å². The monoisotopic (exact) mass is 347 g/mol. The third-order valence-corrected chi connectivity index (χ3v) is 5.17. The number of carbonyl (C=O) groups is 1. The maximum atomic E-state index is 12.0. The molecular formula is C20H33N3O2. The predicted molar refractivity (Wildman–Crippen MR) is 101 cm³/mol. The van der Waals surface area contributed by atoms with Crippen LogP contribution in [0.3, 0.4) is 0 Å². The lowest BCUT2D eigenvalue weighted by Gasteiger charge is -2.27. The molecule has 0 saturated carbocycles. The molecule has 1 aromatic carbocycles. The number of piperidine rings is 1. The number of nitrogens with one attached hydrogen (secondary N) is 2. The minimum absolute atomic E-state index is 0.186. The fourth-order valence-electron chi connectivity index (χ4n) is 3.15. The van der Waals surface area contributed by atoms with Crippen LogP contribution in [0.15, 0.2) is 24.3 Å². The van der Waals surface area contributed by atoms with Gasteiger partial charge in [-0.15, -0.1) is 0 Å². The zero-order chi connectivity index (χ0) is 18.1. The van der Waals surface area contributed by atoms with Crippen LogP contribution in [0.5, 0.6) is 0 Å². The van der Waals surface area contributed by atoms with E-state index in [0.29, 0.717) is 6.54 Å². The Morgan fingerprint density at radius 3 is 2.52 bits per heavy atom. The average molecular weight is 348 g/mol. The van der Waals surface area contributed by atoms with Gasteiger partial charge in [-0.25, -0.2) is 4.79 Å². The van der Waals surface area contributed by atoms with E-state index in [0.717, 1.165) is 31.6 Å². The van der Waals surface area contributed by atoms with Crippen molar-refractivity contribution >= 4 is 6.03 Å². The van der Waals surface area contributed by atoms with Crippen LogP contribution in [0.1, 0.15) is 50.7 Å². The van der Waals surface area contributed by atoms with Gasteiger partial charge in [0.05, 0.1) is 6.10 Å². The number of benzene rings is 1. The second-order valence-corrected chi connectivity index (χ2v) is 7.12. The molecule has 2 unspecified atom stereocenters. The third kappa shape index (κ3) is 6.67. The van der Waals surface area contributed by atoms with Gasteiger partial charge in [-0.1, -0.05) is 51.0 Å². The van der Waals surface area contributed by atoms with Crippen LogP contribution >= 0.6 is 0 Å². The summed E-state index contributed by atoms with van der Waals surface area (Å²) in [6.45, 7) is 8.09. The molecule has 1 aliphatic heterocycles. The molecule has 2 amide bonds. The highest BCUT2D eigenvalue weighted by atomic mass is 16.3. The SMILES string of the molecule is CCC(C)C(O)CNC(=O)NCc1ccccc1CN1CCCCC1. The second kappa shape index (κ2) is 10.4. The van der Waals surface area contributed by atoms with E-state index in [1.165, 1.54) is 24.8 Å².